The minimum absolute atomic E-state index is 0.245. The predicted molar refractivity (Wildman–Crippen MR) is 82.9 cm³/mol. The average Bonchev–Trinajstić information content (AvgIpc) is 3.06. The number of benzene rings is 1. The van der Waals surface area contributed by atoms with Gasteiger partial charge in [-0.3, -0.25) is 9.78 Å². The maximum absolute atomic E-state index is 12.2. The summed E-state index contributed by atoms with van der Waals surface area (Å²) in [4.78, 5) is 16.2. The summed E-state index contributed by atoms with van der Waals surface area (Å²) < 4.78 is 10.7. The molecule has 1 amide bonds. The Hall–Kier alpha value is -3.08. The predicted octanol–water partition coefficient (Wildman–Crippen LogP) is 3.60. The van der Waals surface area contributed by atoms with E-state index in [9.17, 15) is 4.79 Å². The number of rotatable bonds is 4. The third-order valence-electron chi connectivity index (χ3n) is 3.12. The van der Waals surface area contributed by atoms with Gasteiger partial charge in [0.15, 0.2) is 5.76 Å². The lowest BCUT2D eigenvalue weighted by molar-refractivity contribution is 0.0997. The van der Waals surface area contributed by atoms with Crippen LogP contribution in [0, 0.1) is 0 Å². The number of amides is 1. The fraction of sp³-hybridized carbons (Fsp3) is 0.0588. The lowest BCUT2D eigenvalue weighted by atomic mass is 10.2. The van der Waals surface area contributed by atoms with Crippen LogP contribution >= 0.6 is 0 Å². The molecule has 3 aromatic rings. The number of carbonyl (C=O) groups excluding carboxylic acids is 1. The van der Waals surface area contributed by atoms with E-state index in [-0.39, 0.29) is 11.7 Å². The Bertz CT molecular complexity index is 781. The quantitative estimate of drug-likeness (QED) is 0.798. The van der Waals surface area contributed by atoms with E-state index in [1.807, 2.05) is 18.2 Å². The van der Waals surface area contributed by atoms with Crippen molar-refractivity contribution in [3.63, 3.8) is 0 Å². The molecule has 0 saturated heterocycles. The smallest absolute Gasteiger partial charge is 0.291 e. The molecule has 22 heavy (non-hydrogen) atoms. The molecule has 5 nitrogen and oxygen atoms in total. The first-order chi connectivity index (χ1) is 10.8. The first-order valence-corrected chi connectivity index (χ1v) is 6.72. The van der Waals surface area contributed by atoms with Crippen molar-refractivity contribution in [1.29, 1.82) is 0 Å². The highest BCUT2D eigenvalue weighted by atomic mass is 16.5. The van der Waals surface area contributed by atoms with E-state index in [2.05, 4.69) is 10.3 Å². The van der Waals surface area contributed by atoms with Crippen molar-refractivity contribution in [1.82, 2.24) is 4.98 Å². The van der Waals surface area contributed by atoms with Crippen LogP contribution in [0.3, 0.4) is 0 Å². The molecule has 110 valence electrons. The van der Waals surface area contributed by atoms with Crippen LogP contribution in [0.2, 0.25) is 0 Å². The van der Waals surface area contributed by atoms with Gasteiger partial charge in [-0.25, -0.2) is 0 Å². The maximum Gasteiger partial charge on any atom is 0.291 e. The Morgan fingerprint density at radius 2 is 1.95 bits per heavy atom. The summed E-state index contributed by atoms with van der Waals surface area (Å²) in [7, 11) is 1.58. The molecule has 0 fully saturated rings. The standard InChI is InChI=1S/C17H14N2O3/c1-21-14-4-2-3-13(11-14)19-17(20)16-6-5-15(22-16)12-7-9-18-10-8-12/h2-11H,1H3,(H,19,20). The second-order valence-electron chi connectivity index (χ2n) is 4.59. The van der Waals surface area contributed by atoms with Gasteiger partial charge < -0.3 is 14.5 Å². The molecule has 0 bridgehead atoms. The third-order valence-corrected chi connectivity index (χ3v) is 3.12. The van der Waals surface area contributed by atoms with Crippen molar-refractivity contribution in [3.8, 4) is 17.1 Å². The van der Waals surface area contributed by atoms with Crippen LogP contribution in [0.5, 0.6) is 5.75 Å². The van der Waals surface area contributed by atoms with E-state index < -0.39 is 0 Å². The second kappa shape index (κ2) is 6.13. The summed E-state index contributed by atoms with van der Waals surface area (Å²) in [6, 6.07) is 14.2. The number of carbonyl (C=O) groups is 1. The highest BCUT2D eigenvalue weighted by molar-refractivity contribution is 6.02. The highest BCUT2D eigenvalue weighted by Gasteiger charge is 2.12. The van der Waals surface area contributed by atoms with Gasteiger partial charge in [-0.1, -0.05) is 6.07 Å². The van der Waals surface area contributed by atoms with Crippen LogP contribution < -0.4 is 10.1 Å². The number of pyridine rings is 1. The van der Waals surface area contributed by atoms with Crippen LogP contribution in [0.4, 0.5) is 5.69 Å². The van der Waals surface area contributed by atoms with E-state index in [1.54, 1.807) is 49.8 Å². The van der Waals surface area contributed by atoms with Crippen molar-refractivity contribution in [3.05, 3.63) is 66.7 Å². The van der Waals surface area contributed by atoms with Gasteiger partial charge in [0.05, 0.1) is 7.11 Å². The summed E-state index contributed by atoms with van der Waals surface area (Å²) in [5.74, 6) is 1.23. The lowest BCUT2D eigenvalue weighted by Gasteiger charge is -2.05. The van der Waals surface area contributed by atoms with Crippen LogP contribution in [0.1, 0.15) is 10.6 Å². The van der Waals surface area contributed by atoms with Gasteiger partial charge >= 0.3 is 0 Å². The molecule has 3 rings (SSSR count). The minimum atomic E-state index is -0.312. The maximum atomic E-state index is 12.2. The Morgan fingerprint density at radius 1 is 1.14 bits per heavy atom. The first-order valence-electron chi connectivity index (χ1n) is 6.72. The van der Waals surface area contributed by atoms with Crippen molar-refractivity contribution in [2.75, 3.05) is 12.4 Å². The van der Waals surface area contributed by atoms with Crippen LogP contribution in [0.25, 0.3) is 11.3 Å². The zero-order chi connectivity index (χ0) is 15.4. The number of furan rings is 1. The van der Waals surface area contributed by atoms with E-state index in [0.717, 1.165) is 5.56 Å². The zero-order valence-electron chi connectivity index (χ0n) is 11.9. The van der Waals surface area contributed by atoms with Crippen molar-refractivity contribution < 1.29 is 13.9 Å². The molecule has 0 radical (unpaired) electrons. The molecule has 0 atom stereocenters. The van der Waals surface area contributed by atoms with E-state index in [4.69, 9.17) is 9.15 Å². The second-order valence-corrected chi connectivity index (χ2v) is 4.59. The number of nitrogens with one attached hydrogen (secondary N) is 1. The number of aromatic nitrogens is 1. The fourth-order valence-electron chi connectivity index (χ4n) is 2.02. The lowest BCUT2D eigenvalue weighted by Crippen LogP contribution is -2.10. The molecule has 2 aromatic heterocycles. The van der Waals surface area contributed by atoms with Crippen molar-refractivity contribution in [2.45, 2.75) is 0 Å². The first kappa shape index (κ1) is 13.9. The molecule has 1 aromatic carbocycles. The summed E-state index contributed by atoms with van der Waals surface area (Å²) in [6.07, 6.45) is 3.35. The van der Waals surface area contributed by atoms with Gasteiger partial charge in [0, 0.05) is 29.7 Å². The Balaban J connectivity index is 1.77. The molecule has 0 aliphatic heterocycles. The zero-order valence-corrected chi connectivity index (χ0v) is 11.9. The number of anilines is 1. The van der Waals surface area contributed by atoms with E-state index in [0.29, 0.717) is 17.2 Å². The number of nitrogens with zero attached hydrogens (tertiary/aromatic N) is 1. The van der Waals surface area contributed by atoms with E-state index in [1.165, 1.54) is 0 Å². The molecular weight excluding hydrogens is 280 g/mol. The van der Waals surface area contributed by atoms with Gasteiger partial charge in [0.2, 0.25) is 0 Å². The van der Waals surface area contributed by atoms with Crippen LogP contribution in [-0.4, -0.2) is 18.0 Å². The van der Waals surface area contributed by atoms with E-state index >= 15 is 0 Å². The fourth-order valence-corrected chi connectivity index (χ4v) is 2.02. The number of ether oxygens (including phenoxy) is 1. The number of hydrogen-bond acceptors (Lipinski definition) is 4. The minimum Gasteiger partial charge on any atom is -0.497 e. The summed E-state index contributed by atoms with van der Waals surface area (Å²) in [5, 5.41) is 2.77. The molecule has 0 aliphatic carbocycles. The van der Waals surface area contributed by atoms with Gasteiger partial charge in [0.1, 0.15) is 11.5 Å². The van der Waals surface area contributed by atoms with Gasteiger partial charge in [-0.05, 0) is 36.4 Å². The molecule has 2 heterocycles. The van der Waals surface area contributed by atoms with Crippen molar-refractivity contribution >= 4 is 11.6 Å². The largest absolute Gasteiger partial charge is 0.497 e. The molecule has 1 N–H and O–H groups in total. The molecule has 0 unspecified atom stereocenters. The number of methoxy groups -OCH3 is 1. The Morgan fingerprint density at radius 3 is 2.73 bits per heavy atom. The SMILES string of the molecule is COc1cccc(NC(=O)c2ccc(-c3ccncc3)o2)c1. The normalized spacial score (nSPS) is 10.2. The highest BCUT2D eigenvalue weighted by Crippen LogP contribution is 2.22. The average molecular weight is 294 g/mol. The third kappa shape index (κ3) is 2.98. The van der Waals surface area contributed by atoms with Crippen LogP contribution in [0.15, 0.2) is 65.3 Å². The van der Waals surface area contributed by atoms with Gasteiger partial charge in [-0.2, -0.15) is 0 Å². The van der Waals surface area contributed by atoms with Gasteiger partial charge in [-0.15, -0.1) is 0 Å². The molecule has 0 aliphatic rings. The summed E-state index contributed by atoms with van der Waals surface area (Å²) in [5.41, 5.74) is 1.52. The topological polar surface area (TPSA) is 64.4 Å². The summed E-state index contributed by atoms with van der Waals surface area (Å²) >= 11 is 0. The molecule has 0 spiro atoms. The van der Waals surface area contributed by atoms with Gasteiger partial charge in [0.25, 0.3) is 5.91 Å². The number of hydrogen-bond donors (Lipinski definition) is 1. The van der Waals surface area contributed by atoms with Crippen LogP contribution in [-0.2, 0) is 0 Å². The summed E-state index contributed by atoms with van der Waals surface area (Å²) in [6.45, 7) is 0. The molecule has 0 saturated carbocycles. The Labute approximate surface area is 127 Å². The Kier molecular flexibility index (Phi) is 3.87. The molecular formula is C17H14N2O3. The van der Waals surface area contributed by atoms with Crippen molar-refractivity contribution in [2.24, 2.45) is 0 Å². The monoisotopic (exact) mass is 294 g/mol. The molecule has 5 heteroatoms.